The topological polar surface area (TPSA) is 88.2 Å². The molecule has 0 saturated carbocycles. The Bertz CT molecular complexity index is 1520. The number of carbonyl (C=O) groups excluding carboxylic acids is 3. The van der Waals surface area contributed by atoms with Crippen molar-refractivity contribution in [3.63, 3.8) is 0 Å². The van der Waals surface area contributed by atoms with Crippen molar-refractivity contribution in [3.05, 3.63) is 87.9 Å². The molecule has 42 heavy (non-hydrogen) atoms. The number of nitrogens with one attached hydrogen (secondary N) is 1. The SMILES string of the molecule is CC(C)(C)OC(=O)N1CCc2cc(N3CC[C@H](NC(=O)OCC4c5ccccc5-c5ccccc54)C3=O)c(Cl)cc2C1. The van der Waals surface area contributed by atoms with E-state index < -0.39 is 17.7 Å². The summed E-state index contributed by atoms with van der Waals surface area (Å²) >= 11 is 6.66. The zero-order valence-electron chi connectivity index (χ0n) is 24.0. The van der Waals surface area contributed by atoms with Gasteiger partial charge in [-0.05, 0) is 79.1 Å². The van der Waals surface area contributed by atoms with Gasteiger partial charge < -0.3 is 24.6 Å². The largest absolute Gasteiger partial charge is 0.449 e. The van der Waals surface area contributed by atoms with E-state index in [-0.39, 0.29) is 24.5 Å². The van der Waals surface area contributed by atoms with E-state index in [9.17, 15) is 14.4 Å². The minimum absolute atomic E-state index is 0.0560. The molecule has 9 heteroatoms. The first-order chi connectivity index (χ1) is 20.1. The van der Waals surface area contributed by atoms with Gasteiger partial charge in [0.2, 0.25) is 5.91 Å². The maximum atomic E-state index is 13.4. The van der Waals surface area contributed by atoms with Crippen LogP contribution in [0.5, 0.6) is 0 Å². The van der Waals surface area contributed by atoms with Crippen LogP contribution in [0.2, 0.25) is 5.02 Å². The Labute approximate surface area is 250 Å². The Morgan fingerprint density at radius 1 is 0.976 bits per heavy atom. The van der Waals surface area contributed by atoms with Gasteiger partial charge in [0.1, 0.15) is 18.2 Å². The van der Waals surface area contributed by atoms with Crippen LogP contribution in [0.15, 0.2) is 60.7 Å². The summed E-state index contributed by atoms with van der Waals surface area (Å²) in [5, 5.41) is 3.19. The second-order valence-electron chi connectivity index (χ2n) is 12.0. The molecule has 0 radical (unpaired) electrons. The number of alkyl carbamates (subject to hydrolysis) is 1. The van der Waals surface area contributed by atoms with Gasteiger partial charge in [0.25, 0.3) is 0 Å². The quantitative estimate of drug-likeness (QED) is 0.388. The highest BCUT2D eigenvalue weighted by Gasteiger charge is 2.36. The van der Waals surface area contributed by atoms with Crippen LogP contribution in [0.1, 0.15) is 55.4 Å². The molecule has 1 saturated heterocycles. The lowest BCUT2D eigenvalue weighted by Gasteiger charge is -2.32. The first kappa shape index (κ1) is 28.1. The van der Waals surface area contributed by atoms with Gasteiger partial charge in [-0.2, -0.15) is 0 Å². The molecular weight excluding hydrogens is 554 g/mol. The van der Waals surface area contributed by atoms with E-state index in [1.807, 2.05) is 57.2 Å². The summed E-state index contributed by atoms with van der Waals surface area (Å²) in [6, 6.07) is 19.4. The van der Waals surface area contributed by atoms with Crippen LogP contribution >= 0.6 is 11.6 Å². The van der Waals surface area contributed by atoms with E-state index >= 15 is 0 Å². The van der Waals surface area contributed by atoms with Gasteiger partial charge in [-0.25, -0.2) is 9.59 Å². The number of nitrogens with zero attached hydrogens (tertiary/aromatic N) is 2. The molecule has 1 aliphatic carbocycles. The zero-order chi connectivity index (χ0) is 29.6. The molecule has 1 atom stereocenters. The number of amides is 3. The van der Waals surface area contributed by atoms with E-state index in [0.717, 1.165) is 33.4 Å². The number of rotatable bonds is 4. The van der Waals surface area contributed by atoms with E-state index in [2.05, 4.69) is 29.6 Å². The van der Waals surface area contributed by atoms with E-state index in [0.29, 0.717) is 43.2 Å². The molecule has 0 spiro atoms. The number of halogens is 1. The standard InChI is InChI=1S/C33H34ClN3O5/c1-33(2,3)42-32(40)36-14-12-20-17-29(27(34)16-21(20)18-36)37-15-13-28(30(37)38)35-31(39)41-19-26-24-10-6-4-8-22(24)23-9-5-7-11-25(23)26/h4-11,16-17,26,28H,12-15,18-19H2,1-3H3,(H,35,39)/t28-/m0/s1. The summed E-state index contributed by atoms with van der Waals surface area (Å²) in [6.07, 6.45) is 0.103. The summed E-state index contributed by atoms with van der Waals surface area (Å²) < 4.78 is 11.2. The molecule has 0 unspecified atom stereocenters. The van der Waals surface area contributed by atoms with Crippen molar-refractivity contribution in [2.75, 3.05) is 24.6 Å². The van der Waals surface area contributed by atoms with Crippen LogP contribution in [0.4, 0.5) is 15.3 Å². The second-order valence-corrected chi connectivity index (χ2v) is 12.4. The average Bonchev–Trinajstić information content (AvgIpc) is 3.47. The Morgan fingerprint density at radius 2 is 1.64 bits per heavy atom. The Morgan fingerprint density at radius 3 is 2.31 bits per heavy atom. The van der Waals surface area contributed by atoms with Gasteiger partial charge >= 0.3 is 12.2 Å². The smallest absolute Gasteiger partial charge is 0.410 e. The number of hydrogen-bond acceptors (Lipinski definition) is 5. The molecule has 6 rings (SSSR count). The zero-order valence-corrected chi connectivity index (χ0v) is 24.7. The third-order valence-electron chi connectivity index (χ3n) is 8.07. The minimum Gasteiger partial charge on any atom is -0.449 e. The summed E-state index contributed by atoms with van der Waals surface area (Å²) in [5.41, 5.74) is 6.58. The van der Waals surface area contributed by atoms with Gasteiger partial charge in [0.15, 0.2) is 0 Å². The highest BCUT2D eigenvalue weighted by Crippen LogP contribution is 2.44. The summed E-state index contributed by atoms with van der Waals surface area (Å²) in [4.78, 5) is 42.0. The fraction of sp³-hybridized carbons (Fsp3) is 0.364. The van der Waals surface area contributed by atoms with Gasteiger partial charge in [0, 0.05) is 25.6 Å². The van der Waals surface area contributed by atoms with Crippen LogP contribution in [-0.4, -0.2) is 54.3 Å². The Balaban J connectivity index is 1.08. The number of hydrogen-bond donors (Lipinski definition) is 1. The average molecular weight is 588 g/mol. The summed E-state index contributed by atoms with van der Waals surface area (Å²) in [7, 11) is 0. The number of ether oxygens (including phenoxy) is 2. The van der Waals surface area contributed by atoms with Crippen molar-refractivity contribution in [3.8, 4) is 11.1 Å². The molecule has 2 aliphatic heterocycles. The van der Waals surface area contributed by atoms with Gasteiger partial charge in [-0.3, -0.25) is 4.79 Å². The fourth-order valence-corrected chi connectivity index (χ4v) is 6.38. The predicted octanol–water partition coefficient (Wildman–Crippen LogP) is 6.28. The van der Waals surface area contributed by atoms with Crippen molar-refractivity contribution in [1.82, 2.24) is 10.2 Å². The van der Waals surface area contributed by atoms with Crippen LogP contribution in [0, 0.1) is 0 Å². The lowest BCUT2D eigenvalue weighted by atomic mass is 9.98. The molecule has 1 N–H and O–H groups in total. The molecule has 3 aromatic carbocycles. The molecule has 8 nitrogen and oxygen atoms in total. The third kappa shape index (κ3) is 5.43. The van der Waals surface area contributed by atoms with E-state index in [4.69, 9.17) is 21.1 Å². The van der Waals surface area contributed by atoms with Gasteiger partial charge in [-0.15, -0.1) is 0 Å². The number of anilines is 1. The maximum absolute atomic E-state index is 13.4. The maximum Gasteiger partial charge on any atom is 0.410 e. The highest BCUT2D eigenvalue weighted by molar-refractivity contribution is 6.34. The van der Waals surface area contributed by atoms with Crippen molar-refractivity contribution in [1.29, 1.82) is 0 Å². The van der Waals surface area contributed by atoms with Crippen LogP contribution in [0.25, 0.3) is 11.1 Å². The molecule has 3 aromatic rings. The minimum atomic E-state index is -0.699. The van der Waals surface area contributed by atoms with E-state index in [1.54, 1.807) is 9.80 Å². The van der Waals surface area contributed by atoms with Crippen LogP contribution < -0.4 is 10.2 Å². The molecular formula is C33H34ClN3O5. The molecule has 3 amide bonds. The predicted molar refractivity (Wildman–Crippen MR) is 161 cm³/mol. The van der Waals surface area contributed by atoms with E-state index in [1.165, 1.54) is 0 Å². The molecule has 1 fully saturated rings. The molecule has 0 bridgehead atoms. The monoisotopic (exact) mass is 587 g/mol. The lowest BCUT2D eigenvalue weighted by molar-refractivity contribution is -0.118. The Kier molecular flexibility index (Phi) is 7.35. The van der Waals surface area contributed by atoms with Gasteiger partial charge in [-0.1, -0.05) is 60.1 Å². The van der Waals surface area contributed by atoms with Crippen LogP contribution in [-0.2, 0) is 27.2 Å². The second kappa shape index (κ2) is 11.0. The van der Waals surface area contributed by atoms with Crippen molar-refractivity contribution < 1.29 is 23.9 Å². The normalized spacial score (nSPS) is 17.9. The van der Waals surface area contributed by atoms with Crippen molar-refractivity contribution in [2.24, 2.45) is 0 Å². The Hall–Kier alpha value is -4.04. The molecule has 0 aromatic heterocycles. The van der Waals surface area contributed by atoms with Crippen LogP contribution in [0.3, 0.4) is 0 Å². The number of benzene rings is 3. The number of fused-ring (bicyclic) bond motifs is 4. The summed E-state index contributed by atoms with van der Waals surface area (Å²) in [5.74, 6) is -0.281. The third-order valence-corrected chi connectivity index (χ3v) is 8.37. The molecule has 218 valence electrons. The molecule has 2 heterocycles. The van der Waals surface area contributed by atoms with Crippen molar-refractivity contribution >= 4 is 35.4 Å². The summed E-state index contributed by atoms with van der Waals surface area (Å²) in [6.45, 7) is 7.04. The first-order valence-electron chi connectivity index (χ1n) is 14.3. The van der Waals surface area contributed by atoms with Gasteiger partial charge in [0.05, 0.1) is 10.7 Å². The number of carbonyl (C=O) groups is 3. The van der Waals surface area contributed by atoms with Crippen molar-refractivity contribution in [2.45, 2.75) is 57.7 Å². The first-order valence-corrected chi connectivity index (χ1v) is 14.7. The lowest BCUT2D eigenvalue weighted by Crippen LogP contribution is -2.42. The fourth-order valence-electron chi connectivity index (χ4n) is 6.09. The molecule has 3 aliphatic rings. The highest BCUT2D eigenvalue weighted by atomic mass is 35.5.